The summed E-state index contributed by atoms with van der Waals surface area (Å²) in [5.74, 6) is 0.0921. The number of hydrogen-bond acceptors (Lipinski definition) is 7. The Balaban J connectivity index is 1.12. The van der Waals surface area contributed by atoms with Crippen LogP contribution in [0.25, 0.3) is 27.8 Å². The van der Waals surface area contributed by atoms with Crippen molar-refractivity contribution in [1.82, 2.24) is 34.3 Å². The van der Waals surface area contributed by atoms with Gasteiger partial charge in [-0.1, -0.05) is 36.4 Å². The van der Waals surface area contributed by atoms with Gasteiger partial charge in [-0.3, -0.25) is 14.2 Å². The second-order valence-corrected chi connectivity index (χ2v) is 13.1. The number of nitrogens with one attached hydrogen (secondary N) is 2. The quantitative estimate of drug-likeness (QED) is 0.190. The fraction of sp³-hybridized carbons (Fsp3) is 0.395. The van der Waals surface area contributed by atoms with Gasteiger partial charge in [-0.05, 0) is 80.3 Å². The minimum absolute atomic E-state index is 0.0374. The molecule has 0 radical (unpaired) electrons. The SMILES string of the molecule is CCOCCNCc1ccc(-c2cccc(-n3c(=O)n([C@H]4CC[C@@H](NC(=O)c5cn6c(n5)CCCC6)CC4)c(=O)c4cc(F)cnc43)c2)cc1. The molecule has 0 unspecified atom stereocenters. The van der Waals surface area contributed by atoms with Gasteiger partial charge >= 0.3 is 5.69 Å². The number of aryl methyl sites for hydroxylation is 2. The number of rotatable bonds is 11. The first-order valence-electron chi connectivity index (χ1n) is 17.6. The number of fused-ring (bicyclic) bond motifs is 2. The van der Waals surface area contributed by atoms with Crippen LogP contribution in [0.15, 0.2) is 76.6 Å². The van der Waals surface area contributed by atoms with Crippen molar-refractivity contribution in [2.45, 2.75) is 77.0 Å². The van der Waals surface area contributed by atoms with Crippen LogP contribution >= 0.6 is 0 Å². The summed E-state index contributed by atoms with van der Waals surface area (Å²) in [7, 11) is 0. The van der Waals surface area contributed by atoms with E-state index in [0.717, 1.165) is 73.7 Å². The van der Waals surface area contributed by atoms with Crippen LogP contribution in [-0.4, -0.2) is 55.4 Å². The molecule has 2 N–H and O–H groups in total. The Labute approximate surface area is 289 Å². The van der Waals surface area contributed by atoms with E-state index in [9.17, 15) is 18.8 Å². The average molecular weight is 680 g/mol. The van der Waals surface area contributed by atoms with Gasteiger partial charge in [0.25, 0.3) is 11.5 Å². The lowest BCUT2D eigenvalue weighted by atomic mass is 9.90. The molecular weight excluding hydrogens is 637 g/mol. The topological polar surface area (TPSA) is 125 Å². The van der Waals surface area contributed by atoms with E-state index in [-0.39, 0.29) is 23.0 Å². The molecule has 1 aliphatic heterocycles. The third kappa shape index (κ3) is 7.03. The Hall–Kier alpha value is -4.94. The normalized spacial score (nSPS) is 17.5. The summed E-state index contributed by atoms with van der Waals surface area (Å²) < 4.78 is 24.6. The first kappa shape index (κ1) is 33.6. The second kappa shape index (κ2) is 14.9. The molecule has 1 fully saturated rings. The summed E-state index contributed by atoms with van der Waals surface area (Å²) in [5, 5.41) is 6.52. The van der Waals surface area contributed by atoms with Gasteiger partial charge in [0.1, 0.15) is 17.3 Å². The minimum atomic E-state index is -0.653. The van der Waals surface area contributed by atoms with E-state index in [0.29, 0.717) is 50.3 Å². The number of nitrogens with zero attached hydrogens (tertiary/aromatic N) is 5. The molecule has 0 spiro atoms. The largest absolute Gasteiger partial charge is 0.380 e. The number of benzene rings is 2. The fourth-order valence-corrected chi connectivity index (χ4v) is 7.16. The molecule has 12 heteroatoms. The molecule has 0 saturated heterocycles. The predicted octanol–water partition coefficient (Wildman–Crippen LogP) is 4.93. The summed E-state index contributed by atoms with van der Waals surface area (Å²) in [6, 6.07) is 16.3. The van der Waals surface area contributed by atoms with Crippen molar-refractivity contribution in [2.75, 3.05) is 19.8 Å². The molecule has 4 heterocycles. The highest BCUT2D eigenvalue weighted by atomic mass is 19.1. The molecule has 5 aromatic rings. The zero-order valence-corrected chi connectivity index (χ0v) is 28.2. The van der Waals surface area contributed by atoms with Crippen molar-refractivity contribution < 1.29 is 13.9 Å². The number of carbonyl (C=O) groups excluding carboxylic acids is 1. The standard InChI is InChI=1S/C38H42FN7O4/c1-2-50-19-17-40-22-25-9-11-26(12-10-25)27-6-5-7-31(20-27)45-35-32(21-28(39)23-41-35)37(48)46(38(45)49)30-15-13-29(14-16-30)42-36(47)33-24-44-18-4-3-8-34(44)43-33/h5-7,9-12,20-21,23-24,29-30,40H,2-4,8,13-19,22H2,1H3,(H,42,47)/t29-,30+. The third-order valence-electron chi connectivity index (χ3n) is 9.78. The van der Waals surface area contributed by atoms with Crippen molar-refractivity contribution in [1.29, 1.82) is 0 Å². The summed E-state index contributed by atoms with van der Waals surface area (Å²) in [5.41, 5.74) is 2.95. The molecular formula is C38H42FN7O4. The molecule has 1 amide bonds. The van der Waals surface area contributed by atoms with Crippen molar-refractivity contribution in [2.24, 2.45) is 0 Å². The molecule has 7 rings (SSSR count). The third-order valence-corrected chi connectivity index (χ3v) is 9.78. The number of halogens is 1. The summed E-state index contributed by atoms with van der Waals surface area (Å²) in [4.78, 5) is 49.9. The van der Waals surface area contributed by atoms with E-state index in [4.69, 9.17) is 4.74 Å². The molecule has 1 saturated carbocycles. The molecule has 50 heavy (non-hydrogen) atoms. The van der Waals surface area contributed by atoms with Gasteiger partial charge in [-0.25, -0.2) is 23.7 Å². The van der Waals surface area contributed by atoms with E-state index >= 15 is 0 Å². The van der Waals surface area contributed by atoms with Crippen LogP contribution in [0.2, 0.25) is 0 Å². The number of amides is 1. The Bertz CT molecular complexity index is 2090. The lowest BCUT2D eigenvalue weighted by Gasteiger charge is -2.30. The number of aromatic nitrogens is 5. The van der Waals surface area contributed by atoms with E-state index in [2.05, 4.69) is 37.3 Å². The molecule has 3 aromatic heterocycles. The molecule has 11 nitrogen and oxygen atoms in total. The Morgan fingerprint density at radius 1 is 1.02 bits per heavy atom. The van der Waals surface area contributed by atoms with Gasteiger partial charge in [0, 0.05) is 50.9 Å². The molecule has 2 aromatic carbocycles. The van der Waals surface area contributed by atoms with E-state index in [1.54, 1.807) is 6.07 Å². The van der Waals surface area contributed by atoms with Crippen molar-refractivity contribution in [3.05, 3.63) is 111 Å². The van der Waals surface area contributed by atoms with Crippen LogP contribution in [0.1, 0.15) is 73.4 Å². The molecule has 260 valence electrons. The summed E-state index contributed by atoms with van der Waals surface area (Å²) in [6.45, 7) is 5.71. The molecule has 0 atom stereocenters. The minimum Gasteiger partial charge on any atom is -0.380 e. The van der Waals surface area contributed by atoms with Crippen molar-refractivity contribution in [3.8, 4) is 16.8 Å². The average Bonchev–Trinajstić information content (AvgIpc) is 3.58. The number of pyridine rings is 1. The van der Waals surface area contributed by atoms with Gasteiger partial charge in [-0.2, -0.15) is 0 Å². The molecule has 1 aliphatic carbocycles. The second-order valence-electron chi connectivity index (χ2n) is 13.1. The van der Waals surface area contributed by atoms with Gasteiger partial charge < -0.3 is 19.9 Å². The van der Waals surface area contributed by atoms with Crippen LogP contribution in [0, 0.1) is 5.82 Å². The Kier molecular flexibility index (Phi) is 9.99. The molecule has 2 aliphatic rings. The lowest BCUT2D eigenvalue weighted by Crippen LogP contribution is -2.45. The maximum Gasteiger partial charge on any atom is 0.337 e. The maximum atomic E-state index is 14.5. The number of ether oxygens (including phenoxy) is 1. The fourth-order valence-electron chi connectivity index (χ4n) is 7.16. The van der Waals surface area contributed by atoms with Crippen molar-refractivity contribution >= 4 is 16.9 Å². The van der Waals surface area contributed by atoms with Crippen LogP contribution < -0.4 is 21.9 Å². The monoisotopic (exact) mass is 679 g/mol. The smallest absolute Gasteiger partial charge is 0.337 e. The Morgan fingerprint density at radius 3 is 2.62 bits per heavy atom. The van der Waals surface area contributed by atoms with Crippen LogP contribution in [0.3, 0.4) is 0 Å². The van der Waals surface area contributed by atoms with Gasteiger partial charge in [0.2, 0.25) is 0 Å². The predicted molar refractivity (Wildman–Crippen MR) is 189 cm³/mol. The first-order chi connectivity index (χ1) is 24.4. The highest BCUT2D eigenvalue weighted by molar-refractivity contribution is 5.92. The first-order valence-corrected chi connectivity index (χ1v) is 17.6. The lowest BCUT2D eigenvalue weighted by molar-refractivity contribution is 0.0917. The number of hydrogen-bond donors (Lipinski definition) is 2. The maximum absolute atomic E-state index is 14.5. The highest BCUT2D eigenvalue weighted by Crippen LogP contribution is 2.29. The van der Waals surface area contributed by atoms with Gasteiger partial charge in [0.05, 0.1) is 23.9 Å². The van der Waals surface area contributed by atoms with E-state index in [1.807, 2.05) is 43.5 Å². The Morgan fingerprint density at radius 2 is 1.84 bits per heavy atom. The zero-order chi connectivity index (χ0) is 34.6. The number of carbonyl (C=O) groups is 1. The number of imidazole rings is 1. The highest BCUT2D eigenvalue weighted by Gasteiger charge is 2.29. The van der Waals surface area contributed by atoms with Crippen LogP contribution in [0.4, 0.5) is 4.39 Å². The molecule has 0 bridgehead atoms. The van der Waals surface area contributed by atoms with Gasteiger partial charge in [-0.15, -0.1) is 0 Å². The van der Waals surface area contributed by atoms with Crippen molar-refractivity contribution in [3.63, 3.8) is 0 Å². The van der Waals surface area contributed by atoms with Crippen LogP contribution in [-0.2, 0) is 24.2 Å². The van der Waals surface area contributed by atoms with E-state index in [1.165, 1.54) is 9.13 Å². The van der Waals surface area contributed by atoms with Gasteiger partial charge in [0.15, 0.2) is 5.65 Å². The summed E-state index contributed by atoms with van der Waals surface area (Å²) >= 11 is 0. The summed E-state index contributed by atoms with van der Waals surface area (Å²) in [6.07, 6.45) is 8.06. The van der Waals surface area contributed by atoms with Crippen LogP contribution in [0.5, 0.6) is 0 Å². The zero-order valence-electron chi connectivity index (χ0n) is 28.2. The van der Waals surface area contributed by atoms with E-state index < -0.39 is 23.1 Å².